The van der Waals surface area contributed by atoms with Crippen molar-refractivity contribution in [3.05, 3.63) is 29.3 Å². The van der Waals surface area contributed by atoms with E-state index in [1.165, 1.54) is 0 Å². The van der Waals surface area contributed by atoms with Crippen LogP contribution in [0.5, 0.6) is 5.75 Å². The Morgan fingerprint density at radius 3 is 1.64 bits per heavy atom. The first-order chi connectivity index (χ1) is 12.2. The van der Waals surface area contributed by atoms with Crippen molar-refractivity contribution in [1.29, 1.82) is 0 Å². The van der Waals surface area contributed by atoms with Gasteiger partial charge in [-0.15, -0.1) is 0 Å². The number of hydrogen-bond acceptors (Lipinski definition) is 3. The molecule has 0 spiro atoms. The lowest BCUT2D eigenvalue weighted by atomic mass is 9.85. The van der Waals surface area contributed by atoms with Crippen LogP contribution in [0.1, 0.15) is 78.2 Å². The minimum atomic E-state index is -2.16. The maximum atomic E-state index is 12.9. The van der Waals surface area contributed by atoms with E-state index in [1.807, 2.05) is 18.2 Å². The van der Waals surface area contributed by atoms with E-state index < -0.39 is 16.6 Å². The number of rotatable bonds is 4. The van der Waals surface area contributed by atoms with Crippen LogP contribution >= 0.6 is 0 Å². The largest absolute Gasteiger partial charge is 0.543 e. The zero-order chi connectivity index (χ0) is 22.3. The van der Waals surface area contributed by atoms with Gasteiger partial charge in [-0.3, -0.25) is 0 Å². The van der Waals surface area contributed by atoms with Crippen LogP contribution in [0.25, 0.3) is 0 Å². The fourth-order valence-electron chi connectivity index (χ4n) is 2.20. The quantitative estimate of drug-likeness (QED) is 0.470. The molecular weight excluding hydrogens is 380 g/mol. The molecule has 0 unspecified atom stereocenters. The minimum Gasteiger partial charge on any atom is -0.543 e. The van der Waals surface area contributed by atoms with E-state index in [4.69, 9.17) is 8.85 Å². The van der Waals surface area contributed by atoms with E-state index in [1.54, 1.807) is 0 Å². The molecule has 0 aromatic heterocycles. The van der Waals surface area contributed by atoms with Gasteiger partial charge in [-0.25, -0.2) is 4.79 Å². The van der Waals surface area contributed by atoms with Crippen molar-refractivity contribution in [2.45, 2.75) is 104 Å². The highest BCUT2D eigenvalue weighted by Gasteiger charge is 2.42. The van der Waals surface area contributed by atoms with Crippen molar-refractivity contribution in [3.8, 4) is 5.75 Å². The van der Waals surface area contributed by atoms with Crippen molar-refractivity contribution in [3.63, 3.8) is 0 Å². The first-order valence-electron chi connectivity index (χ1n) is 10.3. The molecule has 0 heterocycles. The van der Waals surface area contributed by atoms with Gasteiger partial charge in [-0.1, -0.05) is 62.3 Å². The summed E-state index contributed by atoms with van der Waals surface area (Å²) in [6.07, 6.45) is 0. The van der Waals surface area contributed by atoms with Crippen molar-refractivity contribution in [2.75, 3.05) is 0 Å². The monoisotopic (exact) mass is 422 g/mol. The van der Waals surface area contributed by atoms with Crippen molar-refractivity contribution >= 4 is 22.6 Å². The van der Waals surface area contributed by atoms with E-state index in [2.05, 4.69) is 88.5 Å². The molecule has 1 rings (SSSR count). The van der Waals surface area contributed by atoms with E-state index in [-0.39, 0.29) is 21.5 Å². The van der Waals surface area contributed by atoms with Gasteiger partial charge in [0.1, 0.15) is 5.75 Å². The highest BCUT2D eigenvalue weighted by Crippen LogP contribution is 2.41. The summed E-state index contributed by atoms with van der Waals surface area (Å²) in [5.74, 6) is 0.666. The Morgan fingerprint density at radius 2 is 1.25 bits per heavy atom. The van der Waals surface area contributed by atoms with Crippen LogP contribution in [-0.4, -0.2) is 22.6 Å². The number of carbonyl (C=O) groups is 1. The van der Waals surface area contributed by atoms with Gasteiger partial charge in [0.15, 0.2) is 0 Å². The van der Waals surface area contributed by atoms with Gasteiger partial charge in [0.05, 0.1) is 5.56 Å². The molecule has 0 atom stereocenters. The predicted molar refractivity (Wildman–Crippen MR) is 126 cm³/mol. The van der Waals surface area contributed by atoms with Gasteiger partial charge in [0.2, 0.25) is 8.32 Å². The average Bonchev–Trinajstić information content (AvgIpc) is 2.42. The molecular formula is C23H42O3Si2. The van der Waals surface area contributed by atoms with E-state index in [9.17, 15) is 4.79 Å². The number of benzene rings is 1. The molecule has 0 fully saturated rings. The standard InChI is InChI=1S/C23H42O3Si2/c1-21(2,3)18-16-17(20(24)26-28(12,13)23(7,8)9)14-15-19(18)25-27(10,11)22(4,5)6/h14-16H,1-13H3. The van der Waals surface area contributed by atoms with Gasteiger partial charge in [-0.2, -0.15) is 0 Å². The summed E-state index contributed by atoms with van der Waals surface area (Å²) in [6, 6.07) is 5.79. The summed E-state index contributed by atoms with van der Waals surface area (Å²) in [5, 5.41) is 0.100. The molecule has 3 nitrogen and oxygen atoms in total. The summed E-state index contributed by atoms with van der Waals surface area (Å²) in [4.78, 5) is 12.9. The zero-order valence-electron chi connectivity index (χ0n) is 20.5. The summed E-state index contributed by atoms with van der Waals surface area (Å²) < 4.78 is 12.6. The third kappa shape index (κ3) is 5.72. The molecule has 0 amide bonds. The average molecular weight is 423 g/mol. The maximum Gasteiger partial charge on any atom is 0.324 e. The molecule has 5 heteroatoms. The minimum absolute atomic E-state index is 0.0130. The highest BCUT2D eigenvalue weighted by atomic mass is 28.4. The third-order valence-corrected chi connectivity index (χ3v) is 15.0. The smallest absolute Gasteiger partial charge is 0.324 e. The van der Waals surface area contributed by atoms with Crippen LogP contribution < -0.4 is 4.43 Å². The Kier molecular flexibility index (Phi) is 6.81. The van der Waals surface area contributed by atoms with E-state index in [0.29, 0.717) is 5.56 Å². The maximum absolute atomic E-state index is 12.9. The lowest BCUT2D eigenvalue weighted by Gasteiger charge is -2.38. The number of carbonyl (C=O) groups excluding carboxylic acids is 1. The SMILES string of the molecule is CC(C)(C)c1cc(C(=O)O[Si](C)(C)C(C)(C)C)ccc1O[Si](C)(C)C(C)(C)C. The van der Waals surface area contributed by atoms with Gasteiger partial charge in [0, 0.05) is 0 Å². The van der Waals surface area contributed by atoms with Crippen LogP contribution in [0, 0.1) is 0 Å². The Balaban J connectivity index is 3.33. The number of hydrogen-bond donors (Lipinski definition) is 0. The normalized spacial score (nSPS) is 14.0. The molecule has 0 saturated heterocycles. The molecule has 0 aliphatic heterocycles. The Bertz CT molecular complexity index is 715. The van der Waals surface area contributed by atoms with Crippen molar-refractivity contribution in [2.24, 2.45) is 0 Å². The molecule has 28 heavy (non-hydrogen) atoms. The molecule has 0 radical (unpaired) electrons. The van der Waals surface area contributed by atoms with Crippen molar-refractivity contribution in [1.82, 2.24) is 0 Å². The zero-order valence-corrected chi connectivity index (χ0v) is 22.5. The summed E-state index contributed by atoms with van der Waals surface area (Å²) in [7, 11) is -4.14. The predicted octanol–water partition coefficient (Wildman–Crippen LogP) is 7.53. The van der Waals surface area contributed by atoms with Crippen LogP contribution in [-0.2, 0) is 9.84 Å². The third-order valence-electron chi connectivity index (χ3n) is 6.35. The molecule has 0 bridgehead atoms. The molecule has 0 N–H and O–H groups in total. The van der Waals surface area contributed by atoms with Gasteiger partial charge in [-0.05, 0) is 65.4 Å². The lowest BCUT2D eigenvalue weighted by molar-refractivity contribution is 0.0712. The first-order valence-corrected chi connectivity index (χ1v) is 16.1. The van der Waals surface area contributed by atoms with Crippen molar-refractivity contribution < 1.29 is 13.6 Å². The summed E-state index contributed by atoms with van der Waals surface area (Å²) in [6.45, 7) is 28.3. The molecule has 0 aliphatic rings. The van der Waals surface area contributed by atoms with E-state index >= 15 is 0 Å². The Hall–Kier alpha value is -1.08. The first kappa shape index (κ1) is 25.0. The molecule has 160 valence electrons. The molecule has 1 aromatic rings. The second kappa shape index (κ2) is 7.64. The van der Waals surface area contributed by atoms with Crippen LogP contribution in [0.2, 0.25) is 36.3 Å². The fraction of sp³-hybridized carbons (Fsp3) is 0.696. The Morgan fingerprint density at radius 1 is 0.786 bits per heavy atom. The van der Waals surface area contributed by atoms with Gasteiger partial charge in [0.25, 0.3) is 8.32 Å². The van der Waals surface area contributed by atoms with Crippen LogP contribution in [0.15, 0.2) is 18.2 Å². The fourth-order valence-corrected chi connectivity index (χ4v) is 4.13. The second-order valence-electron chi connectivity index (χ2n) is 12.0. The molecule has 1 aromatic carbocycles. The van der Waals surface area contributed by atoms with Crippen LogP contribution in [0.3, 0.4) is 0 Å². The topological polar surface area (TPSA) is 35.5 Å². The Labute approximate surface area is 175 Å². The highest BCUT2D eigenvalue weighted by molar-refractivity contribution is 6.75. The second-order valence-corrected chi connectivity index (χ2v) is 21.4. The van der Waals surface area contributed by atoms with E-state index in [0.717, 1.165) is 11.3 Å². The lowest BCUT2D eigenvalue weighted by Crippen LogP contribution is -2.44. The molecule has 0 saturated carbocycles. The van der Waals surface area contributed by atoms with Gasteiger partial charge < -0.3 is 8.85 Å². The summed E-state index contributed by atoms with van der Waals surface area (Å²) in [5.41, 5.74) is 1.53. The van der Waals surface area contributed by atoms with Gasteiger partial charge >= 0.3 is 5.97 Å². The summed E-state index contributed by atoms with van der Waals surface area (Å²) >= 11 is 0. The van der Waals surface area contributed by atoms with Crippen LogP contribution in [0.4, 0.5) is 0 Å². The molecule has 0 aliphatic carbocycles.